The molecule has 1 unspecified atom stereocenters. The van der Waals surface area contributed by atoms with E-state index in [1.807, 2.05) is 13.8 Å². The highest BCUT2D eigenvalue weighted by atomic mass is 79.9. The number of carbonyl (C=O) groups is 1. The highest BCUT2D eigenvalue weighted by molar-refractivity contribution is 9.10. The van der Waals surface area contributed by atoms with Crippen LogP contribution >= 0.6 is 15.9 Å². The van der Waals surface area contributed by atoms with Crippen LogP contribution < -0.4 is 10.9 Å². The Bertz CT molecular complexity index is 1030. The lowest BCUT2D eigenvalue weighted by molar-refractivity contribution is -0.124. The fourth-order valence-corrected chi connectivity index (χ4v) is 4.31. The largest absolute Gasteiger partial charge is 0.343 e. The Hall–Kier alpha value is -2.15. The number of Topliss-reactive ketones (excluding diaryl/α,β-unsaturated/α-hetero) is 1. The molecule has 0 amide bonds. The number of H-pyrrole nitrogens is 1. The van der Waals surface area contributed by atoms with Gasteiger partial charge in [0.15, 0.2) is 5.78 Å². The standard InChI is InChI=1S/C19H19BrFN3O2/c1-19(2)7-6-12-14(16(19)25)13(9-4-5-11(21)10(20)8-9)15-17(22-12)24(3)23-18(15)26/h4-5,8,13,22H,6-7H2,1-3H3,(H,23,26). The number of aryl methyl sites for hydroxylation is 1. The number of fused-ring (bicyclic) bond motifs is 1. The second kappa shape index (κ2) is 5.67. The molecule has 2 aliphatic rings. The van der Waals surface area contributed by atoms with E-state index < -0.39 is 11.3 Å². The van der Waals surface area contributed by atoms with Gasteiger partial charge in [0.05, 0.1) is 10.0 Å². The zero-order valence-electron chi connectivity index (χ0n) is 14.7. The van der Waals surface area contributed by atoms with Crippen LogP contribution in [0.15, 0.2) is 38.7 Å². The summed E-state index contributed by atoms with van der Waals surface area (Å²) < 4.78 is 15.7. The maximum Gasteiger partial charge on any atom is 0.270 e. The van der Waals surface area contributed by atoms with Crippen molar-refractivity contribution in [1.82, 2.24) is 9.78 Å². The first-order chi connectivity index (χ1) is 12.2. The van der Waals surface area contributed by atoms with E-state index in [2.05, 4.69) is 26.3 Å². The van der Waals surface area contributed by atoms with Crippen LogP contribution in [0.25, 0.3) is 0 Å². The number of aromatic nitrogens is 2. The van der Waals surface area contributed by atoms with Crippen LogP contribution in [0, 0.1) is 11.2 Å². The Balaban J connectivity index is 2.00. The van der Waals surface area contributed by atoms with Crippen molar-refractivity contribution in [3.05, 3.63) is 61.2 Å². The van der Waals surface area contributed by atoms with Crippen LogP contribution in [-0.2, 0) is 11.8 Å². The van der Waals surface area contributed by atoms with Gasteiger partial charge in [-0.1, -0.05) is 19.9 Å². The summed E-state index contributed by atoms with van der Waals surface area (Å²) in [5.41, 5.74) is 1.94. The Labute approximate surface area is 158 Å². The summed E-state index contributed by atoms with van der Waals surface area (Å²) >= 11 is 3.22. The van der Waals surface area contributed by atoms with Crippen molar-refractivity contribution in [2.45, 2.75) is 32.6 Å². The third kappa shape index (κ3) is 2.40. The van der Waals surface area contributed by atoms with Gasteiger partial charge >= 0.3 is 0 Å². The van der Waals surface area contributed by atoms with Gasteiger partial charge in [0.1, 0.15) is 11.6 Å². The van der Waals surface area contributed by atoms with Gasteiger partial charge < -0.3 is 5.32 Å². The number of anilines is 1. The highest BCUT2D eigenvalue weighted by Gasteiger charge is 2.44. The molecule has 2 N–H and O–H groups in total. The predicted molar refractivity (Wildman–Crippen MR) is 101 cm³/mol. The average Bonchev–Trinajstić information content (AvgIpc) is 2.86. The molecule has 0 bridgehead atoms. The van der Waals surface area contributed by atoms with Crippen molar-refractivity contribution >= 4 is 27.5 Å². The molecule has 2 heterocycles. The molecule has 1 atom stereocenters. The van der Waals surface area contributed by atoms with Crippen LogP contribution in [0.5, 0.6) is 0 Å². The Morgan fingerprint density at radius 2 is 2.04 bits per heavy atom. The fourth-order valence-electron chi connectivity index (χ4n) is 3.91. The van der Waals surface area contributed by atoms with Crippen molar-refractivity contribution in [1.29, 1.82) is 0 Å². The maximum absolute atomic E-state index is 13.8. The topological polar surface area (TPSA) is 66.9 Å². The molecule has 1 aromatic heterocycles. The van der Waals surface area contributed by atoms with E-state index in [1.54, 1.807) is 23.9 Å². The smallest absolute Gasteiger partial charge is 0.270 e. The minimum atomic E-state index is -0.518. The van der Waals surface area contributed by atoms with Crippen molar-refractivity contribution in [3.63, 3.8) is 0 Å². The first-order valence-corrected chi connectivity index (χ1v) is 9.28. The summed E-state index contributed by atoms with van der Waals surface area (Å²) in [7, 11) is 1.75. The number of nitrogens with zero attached hydrogens (tertiary/aromatic N) is 1. The normalized spacial score (nSPS) is 21.3. The third-order valence-electron chi connectivity index (χ3n) is 5.41. The fraction of sp³-hybridized carbons (Fsp3) is 0.368. The number of nitrogens with one attached hydrogen (secondary N) is 2. The zero-order chi connectivity index (χ0) is 18.8. The zero-order valence-corrected chi connectivity index (χ0v) is 16.3. The first kappa shape index (κ1) is 17.3. The molecular weight excluding hydrogens is 401 g/mol. The van der Waals surface area contributed by atoms with Gasteiger partial charge in [-0.25, -0.2) is 4.39 Å². The summed E-state index contributed by atoms with van der Waals surface area (Å²) in [4.78, 5) is 25.9. The van der Waals surface area contributed by atoms with Gasteiger partial charge in [-0.05, 0) is 46.5 Å². The molecule has 1 aliphatic carbocycles. The molecule has 26 heavy (non-hydrogen) atoms. The number of rotatable bonds is 1. The van der Waals surface area contributed by atoms with Crippen molar-refractivity contribution in [2.24, 2.45) is 12.5 Å². The van der Waals surface area contributed by atoms with Gasteiger partial charge in [-0.3, -0.25) is 19.4 Å². The van der Waals surface area contributed by atoms with E-state index >= 15 is 0 Å². The second-order valence-electron chi connectivity index (χ2n) is 7.60. The summed E-state index contributed by atoms with van der Waals surface area (Å²) in [5.74, 6) is -0.207. The van der Waals surface area contributed by atoms with Crippen molar-refractivity contribution in [2.75, 3.05) is 5.32 Å². The number of aromatic amines is 1. The lowest BCUT2D eigenvalue weighted by Crippen LogP contribution is -2.37. The number of halogens is 2. The SMILES string of the molecule is Cn1[nH]c(=O)c2c1NC1=C(C(=O)C(C)(C)CC1)C2c1ccc(F)c(Br)c1. The van der Waals surface area contributed by atoms with Gasteiger partial charge in [0.25, 0.3) is 5.56 Å². The molecule has 5 nitrogen and oxygen atoms in total. The number of hydrogen-bond donors (Lipinski definition) is 2. The Morgan fingerprint density at radius 1 is 1.31 bits per heavy atom. The number of allylic oxidation sites excluding steroid dienone is 2. The van der Waals surface area contributed by atoms with Crippen LogP contribution in [0.1, 0.15) is 43.7 Å². The number of hydrogen-bond acceptors (Lipinski definition) is 3. The lowest BCUT2D eigenvalue weighted by atomic mass is 9.68. The number of carbonyl (C=O) groups excluding carboxylic acids is 1. The van der Waals surface area contributed by atoms with E-state index in [0.717, 1.165) is 24.1 Å². The first-order valence-electron chi connectivity index (χ1n) is 8.49. The van der Waals surface area contributed by atoms with Crippen LogP contribution in [0.3, 0.4) is 0 Å². The molecular formula is C19H19BrFN3O2. The molecule has 0 radical (unpaired) electrons. The minimum absolute atomic E-state index is 0.0330. The molecule has 1 aliphatic heterocycles. The van der Waals surface area contributed by atoms with Crippen LogP contribution in [0.2, 0.25) is 0 Å². The van der Waals surface area contributed by atoms with E-state index in [9.17, 15) is 14.0 Å². The summed E-state index contributed by atoms with van der Waals surface area (Å²) in [5, 5.41) is 6.05. The molecule has 0 fully saturated rings. The third-order valence-corrected chi connectivity index (χ3v) is 6.02. The summed E-state index contributed by atoms with van der Waals surface area (Å²) in [6.45, 7) is 3.86. The second-order valence-corrected chi connectivity index (χ2v) is 8.45. The molecule has 0 spiro atoms. The van der Waals surface area contributed by atoms with Gasteiger partial charge in [-0.15, -0.1) is 0 Å². The van der Waals surface area contributed by atoms with E-state index in [0.29, 0.717) is 21.4 Å². The molecule has 0 saturated carbocycles. The van der Waals surface area contributed by atoms with E-state index in [-0.39, 0.29) is 17.2 Å². The van der Waals surface area contributed by atoms with E-state index in [1.165, 1.54) is 6.07 Å². The summed E-state index contributed by atoms with van der Waals surface area (Å²) in [6, 6.07) is 4.66. The lowest BCUT2D eigenvalue weighted by Gasteiger charge is -2.38. The predicted octanol–water partition coefficient (Wildman–Crippen LogP) is 3.82. The highest BCUT2D eigenvalue weighted by Crippen LogP contribution is 2.48. The molecule has 2 aromatic rings. The minimum Gasteiger partial charge on any atom is -0.343 e. The number of ketones is 1. The molecule has 7 heteroatoms. The van der Waals surface area contributed by atoms with Crippen molar-refractivity contribution < 1.29 is 9.18 Å². The van der Waals surface area contributed by atoms with E-state index in [4.69, 9.17) is 0 Å². The van der Waals surface area contributed by atoms with Gasteiger partial charge in [0, 0.05) is 29.7 Å². The van der Waals surface area contributed by atoms with Gasteiger partial charge in [-0.2, -0.15) is 0 Å². The molecule has 1 aromatic carbocycles. The van der Waals surface area contributed by atoms with Gasteiger partial charge in [0.2, 0.25) is 0 Å². The quantitative estimate of drug-likeness (QED) is 0.738. The van der Waals surface area contributed by atoms with Crippen LogP contribution in [0.4, 0.5) is 10.2 Å². The molecule has 4 rings (SSSR count). The Morgan fingerprint density at radius 3 is 2.73 bits per heavy atom. The average molecular weight is 420 g/mol. The summed E-state index contributed by atoms with van der Waals surface area (Å²) in [6.07, 6.45) is 1.47. The van der Waals surface area contributed by atoms with Crippen molar-refractivity contribution in [3.8, 4) is 0 Å². The monoisotopic (exact) mass is 419 g/mol. The number of benzene rings is 1. The van der Waals surface area contributed by atoms with Crippen LogP contribution in [-0.4, -0.2) is 15.6 Å². The molecule has 0 saturated heterocycles. The maximum atomic E-state index is 13.8. The Kier molecular flexibility index (Phi) is 3.77. The molecule has 136 valence electrons.